The second-order valence-corrected chi connectivity index (χ2v) is 4.92. The maximum absolute atomic E-state index is 12.3. The number of rotatable bonds is 3. The number of piperazine rings is 1. The molecule has 1 aliphatic rings. The highest BCUT2D eigenvalue weighted by atomic mass is 19.4. The smallest absolute Gasteiger partial charge is 0.422 e. The summed E-state index contributed by atoms with van der Waals surface area (Å²) in [5.74, 6) is 0.187. The minimum Gasteiger partial charge on any atom is -0.482 e. The van der Waals surface area contributed by atoms with Gasteiger partial charge < -0.3 is 20.3 Å². The zero-order valence-electron chi connectivity index (χ0n) is 11.3. The number of nitrogens with two attached hydrogens (primary N) is 1. The average Bonchev–Trinajstić information content (AvgIpc) is 2.37. The second kappa shape index (κ2) is 5.78. The Labute approximate surface area is 115 Å². The van der Waals surface area contributed by atoms with Gasteiger partial charge in [-0.15, -0.1) is 0 Å². The van der Waals surface area contributed by atoms with E-state index in [1.165, 1.54) is 6.07 Å². The van der Waals surface area contributed by atoms with Crippen LogP contribution in [0.25, 0.3) is 0 Å². The van der Waals surface area contributed by atoms with E-state index in [1.807, 2.05) is 11.9 Å². The van der Waals surface area contributed by atoms with E-state index in [4.69, 9.17) is 10.5 Å². The van der Waals surface area contributed by atoms with E-state index >= 15 is 0 Å². The number of ether oxygens (including phenoxy) is 1. The first-order valence-electron chi connectivity index (χ1n) is 6.38. The van der Waals surface area contributed by atoms with Crippen LogP contribution in [-0.2, 0) is 0 Å². The number of alkyl halides is 3. The molecule has 20 heavy (non-hydrogen) atoms. The number of hydrogen-bond donors (Lipinski definition) is 1. The van der Waals surface area contributed by atoms with Gasteiger partial charge in [0, 0.05) is 37.9 Å². The number of nitrogen functional groups attached to an aromatic ring is 1. The first-order valence-corrected chi connectivity index (χ1v) is 6.38. The number of benzene rings is 1. The van der Waals surface area contributed by atoms with Gasteiger partial charge in [0.25, 0.3) is 0 Å². The van der Waals surface area contributed by atoms with Gasteiger partial charge in [0.15, 0.2) is 6.61 Å². The Bertz CT molecular complexity index is 457. The van der Waals surface area contributed by atoms with E-state index < -0.39 is 12.8 Å². The van der Waals surface area contributed by atoms with Crippen LogP contribution in [0.2, 0.25) is 0 Å². The molecule has 1 aromatic rings. The Morgan fingerprint density at radius 3 is 2.45 bits per heavy atom. The molecule has 0 aromatic heterocycles. The fraction of sp³-hybridized carbons (Fsp3) is 0.538. The molecule has 2 N–H and O–H groups in total. The number of likely N-dealkylation sites (N-methyl/N-ethyl adjacent to an activating group) is 1. The van der Waals surface area contributed by atoms with E-state index in [0.717, 1.165) is 26.2 Å². The maximum Gasteiger partial charge on any atom is 0.422 e. The van der Waals surface area contributed by atoms with Crippen LogP contribution in [0.3, 0.4) is 0 Å². The molecule has 1 aromatic carbocycles. The highest BCUT2D eigenvalue weighted by Crippen LogP contribution is 2.32. The summed E-state index contributed by atoms with van der Waals surface area (Å²) in [6, 6.07) is 4.83. The largest absolute Gasteiger partial charge is 0.482 e. The van der Waals surface area contributed by atoms with Crippen molar-refractivity contribution in [3.05, 3.63) is 18.2 Å². The molecule has 0 spiro atoms. The van der Waals surface area contributed by atoms with Crippen LogP contribution in [0.1, 0.15) is 0 Å². The van der Waals surface area contributed by atoms with Gasteiger partial charge in [-0.3, -0.25) is 0 Å². The van der Waals surface area contributed by atoms with E-state index in [1.54, 1.807) is 12.1 Å². The van der Waals surface area contributed by atoms with Crippen LogP contribution in [-0.4, -0.2) is 50.9 Å². The molecule has 4 nitrogen and oxygen atoms in total. The van der Waals surface area contributed by atoms with Gasteiger partial charge in [0.2, 0.25) is 0 Å². The molecular formula is C13H18F3N3O. The zero-order valence-corrected chi connectivity index (χ0v) is 11.3. The normalized spacial score (nSPS) is 17.3. The standard InChI is InChI=1S/C13H18F3N3O/c1-18-4-6-19(7-5-18)11-3-2-10(17)8-12(11)20-9-13(14,15)16/h2-3,8H,4-7,9,17H2,1H3. The fourth-order valence-electron chi connectivity index (χ4n) is 2.11. The Morgan fingerprint density at radius 2 is 1.85 bits per heavy atom. The molecule has 0 saturated carbocycles. The van der Waals surface area contributed by atoms with Crippen molar-refractivity contribution in [3.8, 4) is 5.75 Å². The third kappa shape index (κ3) is 3.93. The van der Waals surface area contributed by atoms with Crippen LogP contribution in [0.15, 0.2) is 18.2 Å². The molecule has 0 amide bonds. The lowest BCUT2D eigenvalue weighted by Crippen LogP contribution is -2.44. The summed E-state index contributed by atoms with van der Waals surface area (Å²) in [5.41, 5.74) is 6.68. The first kappa shape index (κ1) is 14.8. The summed E-state index contributed by atoms with van der Waals surface area (Å²) in [6.07, 6.45) is -4.36. The van der Waals surface area contributed by atoms with Crippen LogP contribution >= 0.6 is 0 Å². The summed E-state index contributed by atoms with van der Waals surface area (Å²) >= 11 is 0. The van der Waals surface area contributed by atoms with Gasteiger partial charge >= 0.3 is 6.18 Å². The molecule has 1 heterocycles. The SMILES string of the molecule is CN1CCN(c2ccc(N)cc2OCC(F)(F)F)CC1. The molecule has 0 aliphatic carbocycles. The predicted octanol–water partition coefficient (Wildman–Crippen LogP) is 1.96. The number of anilines is 2. The molecule has 0 unspecified atom stereocenters. The van der Waals surface area contributed by atoms with Crippen LogP contribution in [0.4, 0.5) is 24.5 Å². The third-order valence-electron chi connectivity index (χ3n) is 3.22. The van der Waals surface area contributed by atoms with Gasteiger partial charge in [-0.2, -0.15) is 13.2 Å². The van der Waals surface area contributed by atoms with Crippen LogP contribution in [0, 0.1) is 0 Å². The molecule has 0 radical (unpaired) electrons. The Morgan fingerprint density at radius 1 is 1.20 bits per heavy atom. The molecule has 0 atom stereocenters. The number of hydrogen-bond acceptors (Lipinski definition) is 4. The highest BCUT2D eigenvalue weighted by Gasteiger charge is 2.29. The van der Waals surface area contributed by atoms with Crippen molar-refractivity contribution in [2.45, 2.75) is 6.18 Å². The lowest BCUT2D eigenvalue weighted by molar-refractivity contribution is -0.153. The molecule has 1 aliphatic heterocycles. The predicted molar refractivity (Wildman–Crippen MR) is 72.1 cm³/mol. The van der Waals surface area contributed by atoms with Gasteiger partial charge in [-0.1, -0.05) is 0 Å². The molecule has 7 heteroatoms. The molecule has 1 fully saturated rings. The lowest BCUT2D eigenvalue weighted by Gasteiger charge is -2.35. The Hall–Kier alpha value is -1.63. The van der Waals surface area contributed by atoms with Crippen molar-refractivity contribution in [2.24, 2.45) is 0 Å². The number of nitrogens with zero attached hydrogens (tertiary/aromatic N) is 2. The van der Waals surface area contributed by atoms with E-state index in [0.29, 0.717) is 11.4 Å². The maximum atomic E-state index is 12.3. The van der Waals surface area contributed by atoms with Crippen molar-refractivity contribution >= 4 is 11.4 Å². The summed E-state index contributed by atoms with van der Waals surface area (Å²) < 4.78 is 41.8. The average molecular weight is 289 g/mol. The highest BCUT2D eigenvalue weighted by molar-refractivity contribution is 5.64. The van der Waals surface area contributed by atoms with Crippen molar-refractivity contribution in [1.29, 1.82) is 0 Å². The first-order chi connectivity index (χ1) is 9.35. The topological polar surface area (TPSA) is 41.7 Å². The van der Waals surface area contributed by atoms with Crippen molar-refractivity contribution < 1.29 is 17.9 Å². The molecular weight excluding hydrogens is 271 g/mol. The van der Waals surface area contributed by atoms with E-state index in [9.17, 15) is 13.2 Å². The lowest BCUT2D eigenvalue weighted by atomic mass is 10.2. The Kier molecular flexibility index (Phi) is 4.27. The summed E-state index contributed by atoms with van der Waals surface area (Å²) in [4.78, 5) is 4.19. The second-order valence-electron chi connectivity index (χ2n) is 4.92. The van der Waals surface area contributed by atoms with Crippen molar-refractivity contribution in [3.63, 3.8) is 0 Å². The molecule has 0 bridgehead atoms. The zero-order chi connectivity index (χ0) is 14.8. The minimum atomic E-state index is -4.36. The molecule has 2 rings (SSSR count). The van der Waals surface area contributed by atoms with Gasteiger partial charge in [-0.05, 0) is 19.2 Å². The summed E-state index contributed by atoms with van der Waals surface area (Å²) in [7, 11) is 2.02. The van der Waals surface area contributed by atoms with Gasteiger partial charge in [0.05, 0.1) is 5.69 Å². The van der Waals surface area contributed by atoms with E-state index in [2.05, 4.69) is 4.90 Å². The molecule has 112 valence electrons. The van der Waals surface area contributed by atoms with Gasteiger partial charge in [0.1, 0.15) is 5.75 Å². The van der Waals surface area contributed by atoms with Crippen LogP contribution in [0.5, 0.6) is 5.75 Å². The number of halogens is 3. The van der Waals surface area contributed by atoms with Crippen molar-refractivity contribution in [1.82, 2.24) is 4.90 Å². The Balaban J connectivity index is 2.15. The third-order valence-corrected chi connectivity index (χ3v) is 3.22. The van der Waals surface area contributed by atoms with Crippen molar-refractivity contribution in [2.75, 3.05) is 50.5 Å². The van der Waals surface area contributed by atoms with Crippen LogP contribution < -0.4 is 15.4 Å². The minimum absolute atomic E-state index is 0.187. The van der Waals surface area contributed by atoms with Gasteiger partial charge in [-0.25, -0.2) is 0 Å². The quantitative estimate of drug-likeness (QED) is 0.864. The monoisotopic (exact) mass is 289 g/mol. The summed E-state index contributed by atoms with van der Waals surface area (Å²) in [6.45, 7) is 1.93. The molecule has 1 saturated heterocycles. The fourth-order valence-corrected chi connectivity index (χ4v) is 2.11. The van der Waals surface area contributed by atoms with E-state index in [-0.39, 0.29) is 5.75 Å². The summed E-state index contributed by atoms with van der Waals surface area (Å²) in [5, 5.41) is 0.